The molecule has 0 saturated carbocycles. The Kier molecular flexibility index (Phi) is 5.72. The lowest BCUT2D eigenvalue weighted by molar-refractivity contribution is -0.115. The van der Waals surface area contributed by atoms with Crippen LogP contribution in [0.15, 0.2) is 34.8 Å². The van der Waals surface area contributed by atoms with E-state index in [1.807, 2.05) is 12.3 Å². The number of benzene rings is 1. The van der Waals surface area contributed by atoms with Crippen LogP contribution in [0.4, 0.5) is 9.52 Å². The first-order valence-corrected chi connectivity index (χ1v) is 11.0. The highest BCUT2D eigenvalue weighted by Crippen LogP contribution is 2.28. The summed E-state index contributed by atoms with van der Waals surface area (Å²) in [6.45, 7) is 2.76. The minimum atomic E-state index is -0.324. The zero-order valence-corrected chi connectivity index (χ0v) is 17.0. The molecular formula is C19H20FN5OS2. The molecule has 4 rings (SSSR count). The van der Waals surface area contributed by atoms with Gasteiger partial charge in [0.1, 0.15) is 11.6 Å². The van der Waals surface area contributed by atoms with Crippen LogP contribution in [-0.2, 0) is 17.8 Å². The van der Waals surface area contributed by atoms with Crippen molar-refractivity contribution in [3.8, 4) is 11.3 Å². The predicted molar refractivity (Wildman–Crippen MR) is 109 cm³/mol. The van der Waals surface area contributed by atoms with E-state index in [-0.39, 0.29) is 17.0 Å². The Labute approximate surface area is 170 Å². The van der Waals surface area contributed by atoms with Gasteiger partial charge in [0.15, 0.2) is 10.3 Å². The number of aryl methyl sites for hydroxylation is 1. The number of amides is 1. The van der Waals surface area contributed by atoms with Crippen LogP contribution in [0.25, 0.3) is 11.3 Å². The molecule has 3 heterocycles. The zero-order chi connectivity index (χ0) is 19.5. The third-order valence-corrected chi connectivity index (χ3v) is 6.44. The van der Waals surface area contributed by atoms with Crippen molar-refractivity contribution in [2.45, 2.75) is 49.6 Å². The molecule has 3 aromatic rings. The summed E-state index contributed by atoms with van der Waals surface area (Å²) in [5.41, 5.74) is 1.52. The van der Waals surface area contributed by atoms with Crippen LogP contribution >= 0.6 is 23.1 Å². The van der Waals surface area contributed by atoms with Gasteiger partial charge in [-0.05, 0) is 44.0 Å². The van der Waals surface area contributed by atoms with E-state index in [1.165, 1.54) is 41.7 Å². The molecule has 0 saturated heterocycles. The Morgan fingerprint density at radius 2 is 2.07 bits per heavy atom. The Bertz CT molecular complexity index is 969. The predicted octanol–water partition coefficient (Wildman–Crippen LogP) is 4.39. The van der Waals surface area contributed by atoms with Gasteiger partial charge in [-0.25, -0.2) is 9.37 Å². The first-order chi connectivity index (χ1) is 13.6. The van der Waals surface area contributed by atoms with Gasteiger partial charge in [0.2, 0.25) is 5.91 Å². The summed E-state index contributed by atoms with van der Waals surface area (Å²) in [4.78, 5) is 17.0. The first kappa shape index (κ1) is 19.1. The number of thioether (sulfide) groups is 1. The summed E-state index contributed by atoms with van der Waals surface area (Å²) in [7, 11) is 0. The summed E-state index contributed by atoms with van der Waals surface area (Å²) in [6, 6.07) is 6.14. The van der Waals surface area contributed by atoms with Crippen LogP contribution in [0.2, 0.25) is 0 Å². The summed E-state index contributed by atoms with van der Waals surface area (Å²) >= 11 is 2.77. The number of halogens is 1. The Hall–Kier alpha value is -2.26. The number of hydrogen-bond acceptors (Lipinski definition) is 6. The highest BCUT2D eigenvalue weighted by Gasteiger charge is 2.22. The molecule has 0 bridgehead atoms. The molecular weight excluding hydrogens is 397 g/mol. The molecule has 1 aliphatic rings. The van der Waals surface area contributed by atoms with Crippen molar-refractivity contribution in [3.63, 3.8) is 0 Å². The number of aromatic nitrogens is 4. The maximum Gasteiger partial charge on any atom is 0.239 e. The van der Waals surface area contributed by atoms with Crippen LogP contribution in [-0.4, -0.2) is 30.9 Å². The minimum Gasteiger partial charge on any atom is -0.306 e. The van der Waals surface area contributed by atoms with E-state index in [1.54, 1.807) is 12.1 Å². The molecule has 0 spiro atoms. The molecule has 0 radical (unpaired) electrons. The van der Waals surface area contributed by atoms with Crippen molar-refractivity contribution in [1.82, 2.24) is 19.7 Å². The number of thiazole rings is 1. The topological polar surface area (TPSA) is 72.7 Å². The lowest BCUT2D eigenvalue weighted by atomic mass is 10.2. The molecule has 1 aliphatic heterocycles. The number of rotatable bonds is 5. The van der Waals surface area contributed by atoms with Gasteiger partial charge in [-0.1, -0.05) is 18.2 Å². The molecule has 6 nitrogen and oxygen atoms in total. The van der Waals surface area contributed by atoms with Crippen molar-refractivity contribution >= 4 is 34.1 Å². The third-order valence-electron chi connectivity index (χ3n) is 4.60. The van der Waals surface area contributed by atoms with Crippen LogP contribution < -0.4 is 5.32 Å². The monoisotopic (exact) mass is 417 g/mol. The van der Waals surface area contributed by atoms with Crippen LogP contribution in [0, 0.1) is 5.82 Å². The molecule has 0 fully saturated rings. The van der Waals surface area contributed by atoms with E-state index < -0.39 is 0 Å². The minimum absolute atomic E-state index is 0.129. The number of hydrogen-bond donors (Lipinski definition) is 1. The lowest BCUT2D eigenvalue weighted by Gasteiger charge is -2.11. The molecule has 0 aliphatic carbocycles. The van der Waals surface area contributed by atoms with Gasteiger partial charge in [0.25, 0.3) is 0 Å². The van der Waals surface area contributed by atoms with Gasteiger partial charge in [0.05, 0.1) is 10.9 Å². The van der Waals surface area contributed by atoms with Crippen molar-refractivity contribution in [1.29, 1.82) is 0 Å². The fourth-order valence-corrected chi connectivity index (χ4v) is 4.67. The van der Waals surface area contributed by atoms with Gasteiger partial charge in [-0.2, -0.15) is 0 Å². The van der Waals surface area contributed by atoms with Crippen molar-refractivity contribution < 1.29 is 9.18 Å². The van der Waals surface area contributed by atoms with E-state index in [9.17, 15) is 9.18 Å². The fourth-order valence-electron chi connectivity index (χ4n) is 3.05. The standard InChI is InChI=1S/C19H20FN5OS2/c1-12(28-19-24-23-16-5-3-2-4-10-25(16)19)17(26)22-18-21-15(11-27-18)13-6-8-14(20)9-7-13/h6-9,11-12H,2-5,10H2,1H3,(H,21,22,26)/t12-/m1/s1. The number of nitrogens with one attached hydrogen (secondary N) is 1. The average Bonchev–Trinajstić information content (AvgIpc) is 3.22. The quantitative estimate of drug-likeness (QED) is 0.624. The second-order valence-corrected chi connectivity index (χ2v) is 8.82. The van der Waals surface area contributed by atoms with E-state index in [2.05, 4.69) is 25.1 Å². The highest BCUT2D eigenvalue weighted by atomic mass is 32.2. The summed E-state index contributed by atoms with van der Waals surface area (Å²) in [5, 5.41) is 14.3. The maximum absolute atomic E-state index is 13.1. The summed E-state index contributed by atoms with van der Waals surface area (Å²) in [5.74, 6) is 0.595. The molecule has 28 heavy (non-hydrogen) atoms. The van der Waals surface area contributed by atoms with Crippen molar-refractivity contribution in [3.05, 3.63) is 41.3 Å². The van der Waals surface area contributed by atoms with Crippen LogP contribution in [0.3, 0.4) is 0 Å². The number of carbonyl (C=O) groups excluding carboxylic acids is 1. The number of fused-ring (bicyclic) bond motifs is 1. The third kappa shape index (κ3) is 4.25. The van der Waals surface area contributed by atoms with Gasteiger partial charge >= 0.3 is 0 Å². The molecule has 9 heteroatoms. The molecule has 2 aromatic heterocycles. The Morgan fingerprint density at radius 1 is 1.25 bits per heavy atom. The number of anilines is 1. The molecule has 1 N–H and O–H groups in total. The van der Waals surface area contributed by atoms with E-state index in [4.69, 9.17) is 0 Å². The first-order valence-electron chi connectivity index (χ1n) is 9.21. The Morgan fingerprint density at radius 3 is 2.89 bits per heavy atom. The smallest absolute Gasteiger partial charge is 0.239 e. The van der Waals surface area contributed by atoms with E-state index in [0.29, 0.717) is 10.8 Å². The van der Waals surface area contributed by atoms with Gasteiger partial charge in [-0.15, -0.1) is 21.5 Å². The lowest BCUT2D eigenvalue weighted by Crippen LogP contribution is -2.23. The largest absolute Gasteiger partial charge is 0.306 e. The second kappa shape index (κ2) is 8.40. The van der Waals surface area contributed by atoms with Crippen molar-refractivity contribution in [2.75, 3.05) is 5.32 Å². The summed E-state index contributed by atoms with van der Waals surface area (Å²) in [6.07, 6.45) is 4.40. The average molecular weight is 418 g/mol. The number of nitrogens with zero attached hydrogens (tertiary/aromatic N) is 4. The molecule has 1 amide bonds. The van der Waals surface area contributed by atoms with E-state index in [0.717, 1.165) is 42.4 Å². The summed E-state index contributed by atoms with van der Waals surface area (Å²) < 4.78 is 15.2. The van der Waals surface area contributed by atoms with Crippen LogP contribution in [0.1, 0.15) is 32.0 Å². The fraction of sp³-hybridized carbons (Fsp3) is 0.368. The normalized spacial score (nSPS) is 14.9. The SMILES string of the molecule is C[C@@H](Sc1nnc2n1CCCCC2)C(=O)Nc1nc(-c2ccc(F)cc2)cs1. The van der Waals surface area contributed by atoms with Gasteiger partial charge < -0.3 is 9.88 Å². The van der Waals surface area contributed by atoms with Gasteiger partial charge in [-0.3, -0.25) is 4.79 Å². The van der Waals surface area contributed by atoms with Crippen molar-refractivity contribution in [2.24, 2.45) is 0 Å². The number of carbonyl (C=O) groups is 1. The highest BCUT2D eigenvalue weighted by molar-refractivity contribution is 8.00. The Balaban J connectivity index is 1.40. The van der Waals surface area contributed by atoms with E-state index >= 15 is 0 Å². The van der Waals surface area contributed by atoms with Gasteiger partial charge in [0, 0.05) is 23.9 Å². The molecule has 1 atom stereocenters. The molecule has 1 aromatic carbocycles. The zero-order valence-electron chi connectivity index (χ0n) is 15.4. The maximum atomic E-state index is 13.1. The second-order valence-electron chi connectivity index (χ2n) is 6.66. The van der Waals surface area contributed by atoms with Crippen LogP contribution in [0.5, 0.6) is 0 Å². The molecule has 146 valence electrons. The molecule has 0 unspecified atom stereocenters.